The first-order chi connectivity index (χ1) is 17.3. The average Bonchev–Trinajstić information content (AvgIpc) is 3.23. The van der Waals surface area contributed by atoms with Gasteiger partial charge in [-0.25, -0.2) is 15.0 Å². The molecule has 36 heavy (non-hydrogen) atoms. The molecule has 0 aliphatic heterocycles. The number of anilines is 2. The van der Waals surface area contributed by atoms with Crippen LogP contribution in [0.25, 0.3) is 33.5 Å². The number of allylic oxidation sites excluding steroid dienone is 1. The molecule has 0 bridgehead atoms. The van der Waals surface area contributed by atoms with Gasteiger partial charge in [0.15, 0.2) is 11.5 Å². The van der Waals surface area contributed by atoms with Gasteiger partial charge in [-0.2, -0.15) is 17.7 Å². The molecule has 0 radical (unpaired) electrons. The van der Waals surface area contributed by atoms with Gasteiger partial charge in [-0.1, -0.05) is 24.8 Å². The topological polar surface area (TPSA) is 94.3 Å². The van der Waals surface area contributed by atoms with Crippen molar-refractivity contribution in [2.75, 3.05) is 12.4 Å². The lowest BCUT2D eigenvalue weighted by Gasteiger charge is -2.14. The monoisotopic (exact) mass is 490 g/mol. The van der Waals surface area contributed by atoms with Gasteiger partial charge in [0, 0.05) is 22.7 Å². The fourth-order valence-corrected chi connectivity index (χ4v) is 3.64. The van der Waals surface area contributed by atoms with E-state index in [-0.39, 0.29) is 28.4 Å². The summed E-state index contributed by atoms with van der Waals surface area (Å²) < 4.78 is 47.2. The van der Waals surface area contributed by atoms with Gasteiger partial charge >= 0.3 is 6.18 Å². The Morgan fingerprint density at radius 1 is 1.03 bits per heavy atom. The van der Waals surface area contributed by atoms with Gasteiger partial charge in [-0.15, -0.1) is 5.10 Å². The van der Waals surface area contributed by atoms with Crippen LogP contribution in [0.1, 0.15) is 5.56 Å². The van der Waals surface area contributed by atoms with Crippen molar-refractivity contribution in [3.05, 3.63) is 89.4 Å². The van der Waals surface area contributed by atoms with Gasteiger partial charge in [-0.05, 0) is 42.5 Å². The number of alkyl halides is 3. The average molecular weight is 490 g/mol. The first-order valence-corrected chi connectivity index (χ1v) is 10.6. The van der Waals surface area contributed by atoms with E-state index < -0.39 is 17.3 Å². The van der Waals surface area contributed by atoms with Gasteiger partial charge < -0.3 is 10.1 Å². The molecule has 180 valence electrons. The summed E-state index contributed by atoms with van der Waals surface area (Å²) in [6, 6.07) is 16.0. The fraction of sp³-hybridized carbons (Fsp3) is 0.0800. The summed E-state index contributed by atoms with van der Waals surface area (Å²) in [6.45, 7) is 3.23. The standard InChI is InChI=1S/C25H17F3N6O2/c1-14(25(26,27)28)17-6-5-7-18-20(17)31-24(30-19-8-3-4-13-29-23(19)35)34-22(18)32-21(33-34)15-9-11-16(36-2)12-10-15/h3-13H,1H2,2H3,(H,29,30,31,35). The smallest absolute Gasteiger partial charge is 0.416 e. The van der Waals surface area contributed by atoms with Gasteiger partial charge in [0.1, 0.15) is 11.4 Å². The lowest BCUT2D eigenvalue weighted by atomic mass is 10.0. The second kappa shape index (κ2) is 8.77. The van der Waals surface area contributed by atoms with E-state index in [4.69, 9.17) is 4.74 Å². The SMILES string of the molecule is C=C(c1cccc2c1nc(Nc1ccccnc1=O)n1nc(-c3ccc(OC)cc3)nc21)C(F)(F)F. The number of nitrogens with zero attached hydrogens (tertiary/aromatic N) is 5. The maximum absolute atomic E-state index is 13.6. The third-order valence-electron chi connectivity index (χ3n) is 5.45. The number of aromatic nitrogens is 5. The van der Waals surface area contributed by atoms with Crippen molar-refractivity contribution in [3.8, 4) is 17.1 Å². The van der Waals surface area contributed by atoms with Crippen LogP contribution in [0.2, 0.25) is 0 Å². The van der Waals surface area contributed by atoms with Crippen molar-refractivity contribution in [1.29, 1.82) is 0 Å². The van der Waals surface area contributed by atoms with Gasteiger partial charge in [0.05, 0.1) is 18.2 Å². The third kappa shape index (κ3) is 4.11. The molecule has 8 nitrogen and oxygen atoms in total. The summed E-state index contributed by atoms with van der Waals surface area (Å²) in [7, 11) is 1.54. The molecule has 3 aromatic heterocycles. The Kier molecular flexibility index (Phi) is 5.59. The van der Waals surface area contributed by atoms with Crippen molar-refractivity contribution >= 4 is 33.8 Å². The van der Waals surface area contributed by atoms with E-state index in [0.29, 0.717) is 22.5 Å². The van der Waals surface area contributed by atoms with Crippen molar-refractivity contribution in [1.82, 2.24) is 24.6 Å². The summed E-state index contributed by atoms with van der Waals surface area (Å²) in [4.78, 5) is 25.2. The van der Waals surface area contributed by atoms with E-state index in [1.54, 1.807) is 49.6 Å². The van der Waals surface area contributed by atoms with Crippen LogP contribution in [-0.2, 0) is 0 Å². The number of fused-ring (bicyclic) bond motifs is 3. The predicted octanol–water partition coefficient (Wildman–Crippen LogP) is 5.03. The van der Waals surface area contributed by atoms with Crippen LogP contribution in [0, 0.1) is 0 Å². The molecule has 0 fully saturated rings. The highest BCUT2D eigenvalue weighted by Crippen LogP contribution is 2.37. The van der Waals surface area contributed by atoms with Crippen LogP contribution < -0.4 is 15.6 Å². The summed E-state index contributed by atoms with van der Waals surface area (Å²) in [6.07, 6.45) is -3.34. The minimum atomic E-state index is -4.67. The normalized spacial score (nSPS) is 11.6. The Balaban J connectivity index is 1.79. The summed E-state index contributed by atoms with van der Waals surface area (Å²) in [5.41, 5.74) is -0.899. The molecule has 2 aromatic carbocycles. The quantitative estimate of drug-likeness (QED) is 0.369. The van der Waals surface area contributed by atoms with E-state index in [2.05, 4.69) is 31.9 Å². The number of halogens is 3. The molecule has 0 unspecified atom stereocenters. The van der Waals surface area contributed by atoms with E-state index >= 15 is 0 Å². The van der Waals surface area contributed by atoms with Crippen molar-refractivity contribution in [2.24, 2.45) is 0 Å². The molecule has 11 heteroatoms. The number of benzene rings is 2. The molecule has 5 rings (SSSR count). The first kappa shape index (κ1) is 23.0. The number of ether oxygens (including phenoxy) is 1. The Bertz CT molecular complexity index is 1680. The molecule has 0 aliphatic rings. The van der Waals surface area contributed by atoms with E-state index in [9.17, 15) is 18.0 Å². The van der Waals surface area contributed by atoms with Crippen LogP contribution in [0.15, 0.2) is 78.2 Å². The molecule has 5 aromatic rings. The molecule has 0 saturated carbocycles. The molecule has 1 N–H and O–H groups in total. The number of rotatable bonds is 5. The zero-order chi connectivity index (χ0) is 25.4. The van der Waals surface area contributed by atoms with Gasteiger partial charge in [-0.3, -0.25) is 4.79 Å². The molecule has 0 spiro atoms. The summed E-state index contributed by atoms with van der Waals surface area (Å²) >= 11 is 0. The molecule has 3 heterocycles. The maximum atomic E-state index is 13.6. The van der Waals surface area contributed by atoms with Crippen molar-refractivity contribution < 1.29 is 17.9 Å². The minimum absolute atomic E-state index is 0.00391. The van der Waals surface area contributed by atoms with E-state index in [1.807, 2.05) is 0 Å². The predicted molar refractivity (Wildman–Crippen MR) is 129 cm³/mol. The van der Waals surface area contributed by atoms with Crippen LogP contribution in [-0.4, -0.2) is 37.9 Å². The number of hydrogen-bond donors (Lipinski definition) is 1. The van der Waals surface area contributed by atoms with Gasteiger partial charge in [0.25, 0.3) is 5.56 Å². The van der Waals surface area contributed by atoms with E-state index in [0.717, 1.165) is 0 Å². The Morgan fingerprint density at radius 2 is 1.81 bits per heavy atom. The Hall–Kier alpha value is -4.80. The molecule has 0 amide bonds. The van der Waals surface area contributed by atoms with E-state index in [1.165, 1.54) is 28.9 Å². The maximum Gasteiger partial charge on any atom is 0.416 e. The third-order valence-corrected chi connectivity index (χ3v) is 5.45. The molecular weight excluding hydrogens is 473 g/mol. The Morgan fingerprint density at radius 3 is 2.53 bits per heavy atom. The van der Waals surface area contributed by atoms with Crippen LogP contribution in [0.4, 0.5) is 24.8 Å². The molecule has 0 atom stereocenters. The van der Waals surface area contributed by atoms with Gasteiger partial charge in [0.2, 0.25) is 5.95 Å². The molecule has 0 saturated heterocycles. The lowest BCUT2D eigenvalue weighted by molar-refractivity contribution is -0.0685. The number of hydrogen-bond acceptors (Lipinski definition) is 7. The second-order valence-electron chi connectivity index (χ2n) is 7.69. The second-order valence-corrected chi connectivity index (χ2v) is 7.69. The number of methoxy groups -OCH3 is 1. The Labute approximate surface area is 201 Å². The zero-order valence-corrected chi connectivity index (χ0v) is 18.7. The number of para-hydroxylation sites is 1. The highest BCUT2D eigenvalue weighted by Gasteiger charge is 2.34. The highest BCUT2D eigenvalue weighted by molar-refractivity contribution is 6.00. The summed E-state index contributed by atoms with van der Waals surface area (Å²) in [5.74, 6) is 0.922. The first-order valence-electron chi connectivity index (χ1n) is 10.6. The summed E-state index contributed by atoms with van der Waals surface area (Å²) in [5, 5.41) is 7.71. The zero-order valence-electron chi connectivity index (χ0n) is 18.7. The fourth-order valence-electron chi connectivity index (χ4n) is 3.64. The molecular formula is C25H17F3N6O2. The largest absolute Gasteiger partial charge is 0.497 e. The molecule has 0 aliphatic carbocycles. The van der Waals surface area contributed by atoms with Crippen LogP contribution >= 0.6 is 0 Å². The van der Waals surface area contributed by atoms with Crippen molar-refractivity contribution in [3.63, 3.8) is 0 Å². The van der Waals surface area contributed by atoms with Crippen LogP contribution in [0.3, 0.4) is 0 Å². The minimum Gasteiger partial charge on any atom is -0.497 e. The van der Waals surface area contributed by atoms with Crippen LogP contribution in [0.5, 0.6) is 5.75 Å². The number of nitrogens with one attached hydrogen (secondary N) is 1. The lowest BCUT2D eigenvalue weighted by Crippen LogP contribution is -2.13. The highest BCUT2D eigenvalue weighted by atomic mass is 19.4. The van der Waals surface area contributed by atoms with Crippen molar-refractivity contribution in [2.45, 2.75) is 6.18 Å².